The Morgan fingerprint density at radius 2 is 1.73 bits per heavy atom. The highest BCUT2D eigenvalue weighted by Gasteiger charge is 2.25. The molecule has 10 nitrogen and oxygen atoms in total. The highest BCUT2D eigenvalue weighted by molar-refractivity contribution is 5.93. The predicted molar refractivity (Wildman–Crippen MR) is 77.3 cm³/mol. The van der Waals surface area contributed by atoms with Crippen molar-refractivity contribution in [3.63, 3.8) is 0 Å². The molecule has 0 aromatic rings. The second-order valence-electron chi connectivity index (χ2n) is 4.73. The summed E-state index contributed by atoms with van der Waals surface area (Å²) >= 11 is 0. The van der Waals surface area contributed by atoms with Gasteiger partial charge in [-0.15, -0.1) is 0 Å². The van der Waals surface area contributed by atoms with E-state index in [1.807, 2.05) is 0 Å². The fraction of sp³-hybridized carbons (Fsp3) is 0.667. The van der Waals surface area contributed by atoms with Crippen molar-refractivity contribution < 1.29 is 24.3 Å². The molecule has 0 radical (unpaired) electrons. The molecule has 0 fully saturated rings. The number of aliphatic carboxylic acids is 1. The number of rotatable bonds is 11. The Hall–Kier alpha value is -2.20. The minimum atomic E-state index is -1.26. The molecular weight excluding hydrogens is 294 g/mol. The van der Waals surface area contributed by atoms with E-state index in [0.717, 1.165) is 0 Å². The number of amides is 3. The monoisotopic (exact) mass is 317 g/mol. The van der Waals surface area contributed by atoms with Crippen LogP contribution < -0.4 is 27.8 Å². The molecule has 0 bridgehead atoms. The van der Waals surface area contributed by atoms with Crippen molar-refractivity contribution in [1.82, 2.24) is 10.6 Å². The van der Waals surface area contributed by atoms with E-state index in [9.17, 15) is 19.2 Å². The average molecular weight is 317 g/mol. The molecule has 0 saturated carbocycles. The van der Waals surface area contributed by atoms with Crippen molar-refractivity contribution in [3.8, 4) is 0 Å². The number of unbranched alkanes of at least 4 members (excludes halogenated alkanes) is 1. The molecule has 126 valence electrons. The van der Waals surface area contributed by atoms with Crippen LogP contribution in [-0.4, -0.2) is 54.0 Å². The maximum atomic E-state index is 11.9. The van der Waals surface area contributed by atoms with E-state index < -0.39 is 48.7 Å². The third-order valence-corrected chi connectivity index (χ3v) is 2.76. The number of hydrogen-bond donors (Lipinski definition) is 6. The summed E-state index contributed by atoms with van der Waals surface area (Å²) in [7, 11) is 0. The molecule has 2 unspecified atom stereocenters. The average Bonchev–Trinajstić information content (AvgIpc) is 2.43. The van der Waals surface area contributed by atoms with Gasteiger partial charge in [0.2, 0.25) is 17.7 Å². The SMILES string of the molecule is NCCCCC(N)C(=O)NC(CC(N)=O)C(=O)NCC(=O)O. The standard InChI is InChI=1S/C12H23N5O5/c13-4-2-1-3-7(14)11(21)17-8(5-9(15)18)12(22)16-6-10(19)20/h7-8H,1-6,13-14H2,(H2,15,18)(H,16,22)(H,17,21)(H,19,20). The van der Waals surface area contributed by atoms with Crippen molar-refractivity contribution in [1.29, 1.82) is 0 Å². The highest BCUT2D eigenvalue weighted by atomic mass is 16.4. The third kappa shape index (κ3) is 8.87. The zero-order chi connectivity index (χ0) is 17.1. The van der Waals surface area contributed by atoms with E-state index in [0.29, 0.717) is 25.8 Å². The fourth-order valence-corrected chi connectivity index (χ4v) is 1.61. The Kier molecular flexibility index (Phi) is 9.46. The molecule has 10 heteroatoms. The number of carboxylic acids is 1. The second kappa shape index (κ2) is 10.5. The molecule has 0 aliphatic carbocycles. The summed E-state index contributed by atoms with van der Waals surface area (Å²) in [5, 5.41) is 12.9. The number of nitrogens with one attached hydrogen (secondary N) is 2. The van der Waals surface area contributed by atoms with Crippen molar-refractivity contribution in [3.05, 3.63) is 0 Å². The van der Waals surface area contributed by atoms with Crippen LogP contribution in [0.3, 0.4) is 0 Å². The Balaban J connectivity index is 4.55. The van der Waals surface area contributed by atoms with Gasteiger partial charge in [-0.05, 0) is 19.4 Å². The summed E-state index contributed by atoms with van der Waals surface area (Å²) in [6, 6.07) is -2.11. The van der Waals surface area contributed by atoms with Crippen LogP contribution >= 0.6 is 0 Å². The quantitative estimate of drug-likeness (QED) is 0.219. The normalized spacial score (nSPS) is 13.0. The van der Waals surface area contributed by atoms with Crippen LogP contribution in [0.15, 0.2) is 0 Å². The van der Waals surface area contributed by atoms with Crippen LogP contribution in [0.25, 0.3) is 0 Å². The van der Waals surface area contributed by atoms with Gasteiger partial charge < -0.3 is 32.9 Å². The molecule has 0 aliphatic rings. The first-order valence-corrected chi connectivity index (χ1v) is 6.81. The van der Waals surface area contributed by atoms with Gasteiger partial charge in [-0.2, -0.15) is 0 Å². The van der Waals surface area contributed by atoms with Gasteiger partial charge in [-0.25, -0.2) is 0 Å². The van der Waals surface area contributed by atoms with E-state index in [1.165, 1.54) is 0 Å². The van der Waals surface area contributed by atoms with Gasteiger partial charge in [0.05, 0.1) is 12.5 Å². The van der Waals surface area contributed by atoms with E-state index in [1.54, 1.807) is 0 Å². The molecular formula is C12H23N5O5. The number of carbonyl (C=O) groups excluding carboxylic acids is 3. The van der Waals surface area contributed by atoms with Crippen molar-refractivity contribution in [2.24, 2.45) is 17.2 Å². The van der Waals surface area contributed by atoms with Gasteiger partial charge in [0.15, 0.2) is 0 Å². The maximum Gasteiger partial charge on any atom is 0.322 e. The highest BCUT2D eigenvalue weighted by Crippen LogP contribution is 2.00. The Bertz CT molecular complexity index is 415. The lowest BCUT2D eigenvalue weighted by atomic mass is 10.1. The lowest BCUT2D eigenvalue weighted by molar-refractivity contribution is -0.138. The van der Waals surface area contributed by atoms with Crippen LogP contribution in [0.2, 0.25) is 0 Å². The summed E-state index contributed by atoms with van der Waals surface area (Å²) in [5.74, 6) is -3.50. The Morgan fingerprint density at radius 3 is 2.23 bits per heavy atom. The largest absolute Gasteiger partial charge is 0.480 e. The molecule has 9 N–H and O–H groups in total. The summed E-state index contributed by atoms with van der Waals surface area (Å²) in [5.41, 5.74) is 16.0. The van der Waals surface area contributed by atoms with Gasteiger partial charge in [-0.3, -0.25) is 19.2 Å². The molecule has 0 aliphatic heterocycles. The first kappa shape index (κ1) is 19.8. The number of primary amides is 1. The smallest absolute Gasteiger partial charge is 0.322 e. The Labute approximate surface area is 127 Å². The zero-order valence-electron chi connectivity index (χ0n) is 12.2. The van der Waals surface area contributed by atoms with Gasteiger partial charge in [0.1, 0.15) is 12.6 Å². The molecule has 2 atom stereocenters. The number of carboxylic acid groups (broad SMARTS) is 1. The van der Waals surface area contributed by atoms with Crippen LogP contribution in [0, 0.1) is 0 Å². The lowest BCUT2D eigenvalue weighted by Crippen LogP contribution is -2.53. The molecule has 0 aromatic carbocycles. The predicted octanol–water partition coefficient (Wildman–Crippen LogP) is -3.00. The number of carbonyl (C=O) groups is 4. The van der Waals surface area contributed by atoms with Crippen molar-refractivity contribution in [2.45, 2.75) is 37.8 Å². The van der Waals surface area contributed by atoms with Gasteiger partial charge >= 0.3 is 5.97 Å². The van der Waals surface area contributed by atoms with Crippen LogP contribution in [-0.2, 0) is 19.2 Å². The first-order chi connectivity index (χ1) is 10.3. The third-order valence-electron chi connectivity index (χ3n) is 2.76. The van der Waals surface area contributed by atoms with Crippen LogP contribution in [0.1, 0.15) is 25.7 Å². The molecule has 22 heavy (non-hydrogen) atoms. The summed E-state index contributed by atoms with van der Waals surface area (Å²) in [4.78, 5) is 44.9. The minimum absolute atomic E-state index is 0.378. The topological polar surface area (TPSA) is 191 Å². The lowest BCUT2D eigenvalue weighted by Gasteiger charge is -2.19. The van der Waals surface area contributed by atoms with Crippen LogP contribution in [0.4, 0.5) is 0 Å². The summed E-state index contributed by atoms with van der Waals surface area (Å²) < 4.78 is 0. The number of nitrogens with two attached hydrogens (primary N) is 3. The summed E-state index contributed by atoms with van der Waals surface area (Å²) in [6.07, 6.45) is 1.29. The zero-order valence-corrected chi connectivity index (χ0v) is 12.2. The van der Waals surface area contributed by atoms with E-state index in [-0.39, 0.29) is 0 Å². The second-order valence-corrected chi connectivity index (χ2v) is 4.73. The molecule has 0 saturated heterocycles. The van der Waals surface area contributed by atoms with Crippen molar-refractivity contribution >= 4 is 23.7 Å². The van der Waals surface area contributed by atoms with E-state index in [4.69, 9.17) is 22.3 Å². The molecule has 0 heterocycles. The van der Waals surface area contributed by atoms with Gasteiger partial charge in [0.25, 0.3) is 0 Å². The summed E-state index contributed by atoms with van der Waals surface area (Å²) in [6.45, 7) is -0.150. The minimum Gasteiger partial charge on any atom is -0.480 e. The Morgan fingerprint density at radius 1 is 1.09 bits per heavy atom. The van der Waals surface area contributed by atoms with Gasteiger partial charge in [0, 0.05) is 0 Å². The maximum absolute atomic E-state index is 11.9. The van der Waals surface area contributed by atoms with Crippen LogP contribution in [0.5, 0.6) is 0 Å². The molecule has 0 spiro atoms. The molecule has 0 aromatic heterocycles. The van der Waals surface area contributed by atoms with Gasteiger partial charge in [-0.1, -0.05) is 6.42 Å². The molecule has 0 rings (SSSR count). The van der Waals surface area contributed by atoms with Crippen molar-refractivity contribution in [2.75, 3.05) is 13.1 Å². The molecule has 3 amide bonds. The van der Waals surface area contributed by atoms with E-state index >= 15 is 0 Å². The number of hydrogen-bond acceptors (Lipinski definition) is 6. The first-order valence-electron chi connectivity index (χ1n) is 6.81. The van der Waals surface area contributed by atoms with E-state index in [2.05, 4.69) is 10.6 Å². The fourth-order valence-electron chi connectivity index (χ4n) is 1.61.